The summed E-state index contributed by atoms with van der Waals surface area (Å²) in [7, 11) is 0. The van der Waals surface area contributed by atoms with Gasteiger partial charge in [0.2, 0.25) is 0 Å². The first-order chi connectivity index (χ1) is 20.6. The van der Waals surface area contributed by atoms with E-state index in [4.69, 9.17) is 4.98 Å². The molecule has 1 fully saturated rings. The first-order valence-electron chi connectivity index (χ1n) is 13.9. The molecular formula is C32H31N7OS2. The van der Waals surface area contributed by atoms with Gasteiger partial charge in [-0.25, -0.2) is 4.98 Å². The molecule has 2 aromatic carbocycles. The molecule has 0 N–H and O–H groups in total. The van der Waals surface area contributed by atoms with Gasteiger partial charge in [-0.1, -0.05) is 71.9 Å². The number of benzene rings is 2. The number of hydrogen-bond donors (Lipinski definition) is 0. The summed E-state index contributed by atoms with van der Waals surface area (Å²) in [6.45, 7) is 6.06. The Balaban J connectivity index is 1.07. The number of carbonyl (C=O) groups excluding carboxylic acids is 1. The number of rotatable bonds is 9. The van der Waals surface area contributed by atoms with Crippen LogP contribution in [0, 0.1) is 6.92 Å². The number of amides is 1. The fourth-order valence-electron chi connectivity index (χ4n) is 4.77. The zero-order valence-corrected chi connectivity index (χ0v) is 25.0. The van der Waals surface area contributed by atoms with Crippen molar-refractivity contribution in [2.45, 2.75) is 17.8 Å². The summed E-state index contributed by atoms with van der Waals surface area (Å²) in [4.78, 5) is 26.5. The van der Waals surface area contributed by atoms with E-state index >= 15 is 0 Å². The van der Waals surface area contributed by atoms with Crippen LogP contribution in [-0.2, 0) is 5.75 Å². The molecule has 0 spiro atoms. The van der Waals surface area contributed by atoms with Gasteiger partial charge in [-0.2, -0.15) is 0 Å². The van der Waals surface area contributed by atoms with E-state index in [-0.39, 0.29) is 5.91 Å². The van der Waals surface area contributed by atoms with Crippen molar-refractivity contribution >= 4 is 35.1 Å². The molecule has 3 aromatic heterocycles. The molecule has 10 heteroatoms. The Labute approximate surface area is 253 Å². The van der Waals surface area contributed by atoms with Crippen LogP contribution in [0.2, 0.25) is 0 Å². The summed E-state index contributed by atoms with van der Waals surface area (Å²) < 4.78 is 2.05. The monoisotopic (exact) mass is 593 g/mol. The van der Waals surface area contributed by atoms with Crippen molar-refractivity contribution in [1.29, 1.82) is 0 Å². The Morgan fingerprint density at radius 2 is 1.79 bits per heavy atom. The lowest BCUT2D eigenvalue weighted by atomic mass is 10.2. The van der Waals surface area contributed by atoms with Crippen molar-refractivity contribution < 1.29 is 4.79 Å². The number of aromatic nitrogens is 5. The van der Waals surface area contributed by atoms with Crippen LogP contribution in [0.3, 0.4) is 0 Å². The topological polar surface area (TPSA) is 80.0 Å². The maximum absolute atomic E-state index is 13.2. The highest BCUT2D eigenvalue weighted by Gasteiger charge is 2.24. The second-order valence-corrected chi connectivity index (χ2v) is 11.9. The Kier molecular flexibility index (Phi) is 8.83. The first-order valence-corrected chi connectivity index (χ1v) is 15.7. The van der Waals surface area contributed by atoms with E-state index in [1.165, 1.54) is 22.5 Å². The summed E-state index contributed by atoms with van der Waals surface area (Å²) in [5, 5.41) is 12.5. The number of carbonyl (C=O) groups is 1. The van der Waals surface area contributed by atoms with Gasteiger partial charge in [-0.15, -0.1) is 21.5 Å². The average Bonchev–Trinajstić information content (AvgIpc) is 3.69. The Morgan fingerprint density at radius 3 is 2.55 bits per heavy atom. The third-order valence-corrected chi connectivity index (χ3v) is 9.05. The smallest absolute Gasteiger partial charge is 0.273 e. The fourth-order valence-corrected chi connectivity index (χ4v) is 6.51. The normalized spacial score (nSPS) is 14.1. The predicted molar refractivity (Wildman–Crippen MR) is 169 cm³/mol. The van der Waals surface area contributed by atoms with E-state index in [2.05, 4.69) is 80.1 Å². The molecule has 1 amide bonds. The number of pyridine rings is 1. The molecule has 1 saturated heterocycles. The molecule has 212 valence electrons. The summed E-state index contributed by atoms with van der Waals surface area (Å²) in [5.41, 5.74) is 4.78. The van der Waals surface area contributed by atoms with Crippen molar-refractivity contribution in [3.05, 3.63) is 112 Å². The third kappa shape index (κ3) is 6.67. The number of piperazine rings is 1. The molecule has 0 bridgehead atoms. The van der Waals surface area contributed by atoms with Crippen molar-refractivity contribution in [2.24, 2.45) is 0 Å². The van der Waals surface area contributed by atoms with Crippen LogP contribution in [0.5, 0.6) is 0 Å². The van der Waals surface area contributed by atoms with Gasteiger partial charge in [0.25, 0.3) is 5.91 Å². The summed E-state index contributed by atoms with van der Waals surface area (Å²) in [6.07, 6.45) is 7.88. The molecule has 0 unspecified atom stereocenters. The predicted octanol–water partition coefficient (Wildman–Crippen LogP) is 5.86. The average molecular weight is 594 g/mol. The van der Waals surface area contributed by atoms with Crippen molar-refractivity contribution in [1.82, 2.24) is 34.5 Å². The second kappa shape index (κ2) is 13.2. The van der Waals surface area contributed by atoms with Crippen LogP contribution in [-0.4, -0.2) is 73.2 Å². The molecule has 42 heavy (non-hydrogen) atoms. The molecule has 6 rings (SSSR count). The number of thioether (sulfide) groups is 1. The fraction of sp³-hybridized carbons (Fsp3) is 0.219. The first kappa shape index (κ1) is 28.0. The van der Waals surface area contributed by atoms with Gasteiger partial charge < -0.3 is 4.90 Å². The molecule has 0 saturated carbocycles. The highest BCUT2D eigenvalue weighted by molar-refractivity contribution is 7.98. The minimum absolute atomic E-state index is 0.00339. The number of aryl methyl sites for hydroxylation is 1. The summed E-state index contributed by atoms with van der Waals surface area (Å²) in [5.74, 6) is 1.33. The largest absolute Gasteiger partial charge is 0.335 e. The van der Waals surface area contributed by atoms with Crippen LogP contribution in [0.1, 0.15) is 26.6 Å². The van der Waals surface area contributed by atoms with E-state index < -0.39 is 0 Å². The molecule has 4 heterocycles. The highest BCUT2D eigenvalue weighted by Crippen LogP contribution is 2.30. The van der Waals surface area contributed by atoms with Crippen LogP contribution in [0.4, 0.5) is 0 Å². The Bertz CT molecular complexity index is 1640. The van der Waals surface area contributed by atoms with Gasteiger partial charge in [0.1, 0.15) is 10.7 Å². The van der Waals surface area contributed by atoms with Crippen LogP contribution >= 0.6 is 23.1 Å². The van der Waals surface area contributed by atoms with Crippen molar-refractivity contribution in [3.63, 3.8) is 0 Å². The van der Waals surface area contributed by atoms with E-state index in [1.807, 2.05) is 40.6 Å². The number of hydrogen-bond acceptors (Lipinski definition) is 8. The quantitative estimate of drug-likeness (QED) is 0.198. The lowest BCUT2D eigenvalue weighted by Crippen LogP contribution is -2.48. The molecule has 5 aromatic rings. The maximum atomic E-state index is 13.2. The Hall–Kier alpha value is -4.12. The Morgan fingerprint density at radius 1 is 0.976 bits per heavy atom. The molecule has 0 atom stereocenters. The number of nitrogens with zero attached hydrogens (tertiary/aromatic N) is 7. The van der Waals surface area contributed by atoms with E-state index in [9.17, 15) is 4.79 Å². The maximum Gasteiger partial charge on any atom is 0.273 e. The van der Waals surface area contributed by atoms with Gasteiger partial charge in [0, 0.05) is 61.7 Å². The van der Waals surface area contributed by atoms with E-state index in [0.717, 1.165) is 46.9 Å². The third-order valence-electron chi connectivity index (χ3n) is 7.07. The molecule has 8 nitrogen and oxygen atoms in total. The van der Waals surface area contributed by atoms with Gasteiger partial charge in [-0.05, 0) is 36.8 Å². The minimum atomic E-state index is 0.00339. The standard InChI is InChI=1S/C32H31N7OS2/c1-24-11-13-27(14-12-24)39-30(26-10-5-15-33-21-26)35-36-32(39)42-23-29-34-28(22-41-29)31(40)38-19-17-37(18-20-38)16-6-9-25-7-3-2-4-8-25/h2-15,21-22H,16-20,23H2,1H3. The molecule has 0 aliphatic carbocycles. The van der Waals surface area contributed by atoms with Gasteiger partial charge in [-0.3, -0.25) is 19.2 Å². The molecule has 0 radical (unpaired) electrons. The van der Waals surface area contributed by atoms with Gasteiger partial charge in [0.15, 0.2) is 11.0 Å². The molecule has 1 aliphatic rings. The SMILES string of the molecule is Cc1ccc(-n2c(SCc3nc(C(=O)N4CCN(CC=Cc5ccccc5)CC4)cs3)nnc2-c2cccnc2)cc1. The van der Waals surface area contributed by atoms with Gasteiger partial charge >= 0.3 is 0 Å². The van der Waals surface area contributed by atoms with E-state index in [1.54, 1.807) is 24.2 Å². The summed E-state index contributed by atoms with van der Waals surface area (Å²) in [6, 6.07) is 22.5. The lowest BCUT2D eigenvalue weighted by molar-refractivity contribution is 0.0645. The molecular weight excluding hydrogens is 563 g/mol. The minimum Gasteiger partial charge on any atom is -0.335 e. The van der Waals surface area contributed by atoms with Crippen LogP contribution < -0.4 is 0 Å². The highest BCUT2D eigenvalue weighted by atomic mass is 32.2. The van der Waals surface area contributed by atoms with E-state index in [0.29, 0.717) is 24.5 Å². The molecule has 1 aliphatic heterocycles. The van der Waals surface area contributed by atoms with Crippen LogP contribution in [0.15, 0.2) is 95.7 Å². The zero-order valence-electron chi connectivity index (χ0n) is 23.3. The lowest BCUT2D eigenvalue weighted by Gasteiger charge is -2.33. The summed E-state index contributed by atoms with van der Waals surface area (Å²) >= 11 is 3.07. The zero-order chi connectivity index (χ0) is 28.7. The van der Waals surface area contributed by atoms with Crippen LogP contribution in [0.25, 0.3) is 23.2 Å². The van der Waals surface area contributed by atoms with Crippen molar-refractivity contribution in [2.75, 3.05) is 32.7 Å². The van der Waals surface area contributed by atoms with Crippen molar-refractivity contribution in [3.8, 4) is 17.1 Å². The second-order valence-electron chi connectivity index (χ2n) is 10.0. The number of thiazole rings is 1. The van der Waals surface area contributed by atoms with Gasteiger partial charge in [0.05, 0.1) is 5.75 Å².